The Morgan fingerprint density at radius 1 is 0.468 bits per heavy atom. The Morgan fingerprint density at radius 3 is 1.16 bits per heavy atom. The van der Waals surface area contributed by atoms with Crippen molar-refractivity contribution in [2.75, 3.05) is 40.9 Å². The molecule has 9 heteroatoms. The van der Waals surface area contributed by atoms with Crippen LogP contribution in [-0.4, -0.2) is 68.5 Å². The molecule has 0 bridgehead atoms. The zero-order valence-electron chi connectivity index (χ0n) is 51.9. The maximum atomic E-state index is 13.0. The Balaban J connectivity index is 4.01. The number of aliphatic hydroxyl groups is 1. The number of carbonyl (C=O) groups excluding carboxylic acids is 1. The van der Waals surface area contributed by atoms with Gasteiger partial charge in [0.25, 0.3) is 7.82 Å². The van der Waals surface area contributed by atoms with Crippen molar-refractivity contribution in [1.29, 1.82) is 0 Å². The normalized spacial score (nSPS) is 14.0. The van der Waals surface area contributed by atoms with E-state index in [9.17, 15) is 19.4 Å². The largest absolute Gasteiger partial charge is 0.756 e. The molecule has 0 radical (unpaired) electrons. The molecule has 77 heavy (non-hydrogen) atoms. The third-order valence-corrected chi connectivity index (χ3v) is 16.3. The summed E-state index contributed by atoms with van der Waals surface area (Å²) in [7, 11) is 1.32. The van der Waals surface area contributed by atoms with E-state index in [0.717, 1.165) is 64.2 Å². The third kappa shape index (κ3) is 61.9. The molecule has 0 aromatic heterocycles. The van der Waals surface area contributed by atoms with E-state index in [4.69, 9.17) is 9.05 Å². The highest BCUT2D eigenvalue weighted by Crippen LogP contribution is 2.38. The molecule has 2 N–H and O–H groups in total. The van der Waals surface area contributed by atoms with Gasteiger partial charge in [-0.3, -0.25) is 9.36 Å². The summed E-state index contributed by atoms with van der Waals surface area (Å²) in [6, 6.07) is -0.801. The van der Waals surface area contributed by atoms with Crippen LogP contribution in [0.5, 0.6) is 0 Å². The molecule has 0 rings (SSSR count). The number of aliphatic hydroxyl groups excluding tert-OH is 1. The molecule has 0 aliphatic carbocycles. The maximum Gasteiger partial charge on any atom is 0.268 e. The quantitative estimate of drug-likeness (QED) is 0.0272. The Kier molecular flexibility index (Phi) is 57.9. The topological polar surface area (TPSA) is 108 Å². The first-order chi connectivity index (χ1) is 37.5. The van der Waals surface area contributed by atoms with Gasteiger partial charge in [0.1, 0.15) is 13.2 Å². The molecule has 454 valence electrons. The summed E-state index contributed by atoms with van der Waals surface area (Å²) < 4.78 is 23.5. The van der Waals surface area contributed by atoms with Gasteiger partial charge in [0, 0.05) is 6.42 Å². The van der Waals surface area contributed by atoms with Crippen molar-refractivity contribution in [3.8, 4) is 0 Å². The van der Waals surface area contributed by atoms with Crippen LogP contribution < -0.4 is 10.2 Å². The van der Waals surface area contributed by atoms with Crippen molar-refractivity contribution < 1.29 is 32.9 Å². The van der Waals surface area contributed by atoms with E-state index in [1.54, 1.807) is 0 Å². The van der Waals surface area contributed by atoms with Gasteiger partial charge < -0.3 is 28.8 Å². The number of nitrogens with one attached hydrogen (secondary N) is 1. The van der Waals surface area contributed by atoms with Gasteiger partial charge in [0.2, 0.25) is 5.91 Å². The van der Waals surface area contributed by atoms with E-state index in [0.29, 0.717) is 23.9 Å². The molecule has 0 aliphatic rings. The van der Waals surface area contributed by atoms with E-state index in [1.165, 1.54) is 238 Å². The van der Waals surface area contributed by atoms with Gasteiger partial charge in [-0.15, -0.1) is 0 Å². The highest BCUT2D eigenvalue weighted by molar-refractivity contribution is 7.45. The average molecular weight is 1100 g/mol. The van der Waals surface area contributed by atoms with Crippen LogP contribution in [0.25, 0.3) is 0 Å². The zero-order chi connectivity index (χ0) is 56.3. The van der Waals surface area contributed by atoms with Gasteiger partial charge in [-0.2, -0.15) is 0 Å². The van der Waals surface area contributed by atoms with Crippen LogP contribution in [0.1, 0.15) is 328 Å². The predicted molar refractivity (Wildman–Crippen MR) is 334 cm³/mol. The van der Waals surface area contributed by atoms with Crippen LogP contribution in [0.3, 0.4) is 0 Å². The summed E-state index contributed by atoms with van der Waals surface area (Å²) in [5, 5.41) is 14.1. The van der Waals surface area contributed by atoms with Crippen molar-refractivity contribution >= 4 is 13.7 Å². The fourth-order valence-electron chi connectivity index (χ4n) is 10.2. The smallest absolute Gasteiger partial charge is 0.268 e. The van der Waals surface area contributed by atoms with Crippen molar-refractivity contribution in [1.82, 2.24) is 5.32 Å². The number of hydrogen-bond acceptors (Lipinski definition) is 6. The molecule has 3 unspecified atom stereocenters. The number of carbonyl (C=O) groups is 1. The van der Waals surface area contributed by atoms with Crippen LogP contribution in [0.4, 0.5) is 0 Å². The summed E-state index contributed by atoms with van der Waals surface area (Å²) in [5.74, 6) is -0.159. The summed E-state index contributed by atoms with van der Waals surface area (Å²) in [6.45, 7) is 4.66. The second kappa shape index (κ2) is 59.1. The summed E-state index contributed by atoms with van der Waals surface area (Å²) >= 11 is 0. The minimum atomic E-state index is -4.58. The molecular formula is C68H131N2O6P. The molecule has 0 saturated carbocycles. The monoisotopic (exact) mass is 1100 g/mol. The van der Waals surface area contributed by atoms with Gasteiger partial charge in [-0.05, 0) is 51.4 Å². The lowest BCUT2D eigenvalue weighted by Gasteiger charge is -2.30. The van der Waals surface area contributed by atoms with Crippen molar-refractivity contribution in [3.05, 3.63) is 48.6 Å². The average Bonchev–Trinajstić information content (AvgIpc) is 3.39. The number of likely N-dealkylation sites (N-methyl/N-ethyl adjacent to an activating group) is 1. The Morgan fingerprint density at radius 2 is 0.792 bits per heavy atom. The number of unbranched alkanes of at least 4 members (excludes halogenated alkanes) is 41. The number of quaternary nitrogens is 1. The lowest BCUT2D eigenvalue weighted by Crippen LogP contribution is -2.46. The van der Waals surface area contributed by atoms with Crippen LogP contribution in [0.2, 0.25) is 0 Å². The van der Waals surface area contributed by atoms with Gasteiger partial charge in [0.05, 0.1) is 39.9 Å². The number of phosphoric acid groups is 1. The molecule has 0 fully saturated rings. The van der Waals surface area contributed by atoms with Crippen molar-refractivity contribution in [3.63, 3.8) is 0 Å². The summed E-state index contributed by atoms with van der Waals surface area (Å²) in [5.41, 5.74) is 0. The summed E-state index contributed by atoms with van der Waals surface area (Å²) in [4.78, 5) is 25.6. The molecule has 3 atom stereocenters. The molecule has 0 aromatic rings. The first kappa shape index (κ1) is 75.5. The summed E-state index contributed by atoms with van der Waals surface area (Å²) in [6.07, 6.45) is 78.9. The highest BCUT2D eigenvalue weighted by Gasteiger charge is 2.24. The molecule has 8 nitrogen and oxygen atoms in total. The molecule has 0 aliphatic heterocycles. The van der Waals surface area contributed by atoms with E-state index < -0.39 is 20.0 Å². The van der Waals surface area contributed by atoms with Crippen LogP contribution in [0.15, 0.2) is 48.6 Å². The number of allylic oxidation sites excluding steroid dienone is 8. The minimum absolute atomic E-state index is 0.0138. The number of rotatable bonds is 62. The standard InChI is InChI=1S/C68H131N2O6P/c1-6-8-10-12-14-16-18-20-22-24-26-28-30-31-32-33-34-35-36-37-38-39-40-42-44-46-48-50-52-54-56-58-60-62-68(72)69-66(65-76-77(73,74)75-64-63-70(3,4)5)67(71)61-59-57-55-53-51-49-47-45-43-41-29-27-25-23-21-19-17-15-13-11-9-7-2/h8,10,14,16,20,22,26,28,66-67,71H,6-7,9,11-13,15,17-19,21,23-25,27,29-65H2,1-5H3,(H-,69,72,73,74)/b10-8-,16-14-,22-20-,28-26-. The van der Waals surface area contributed by atoms with E-state index in [1.807, 2.05) is 21.1 Å². The molecule has 0 heterocycles. The SMILES string of the molecule is CC/C=C\C/C=C\C/C=C\C/C=C\CCCCCCCCCCCCCCCCCCCCCCC(=O)NC(COP(=O)([O-])OCC[N+](C)(C)C)C(O)CCCCCCCCCCCCCCCCCCCCCCCC. The number of hydrogen-bond donors (Lipinski definition) is 2. The van der Waals surface area contributed by atoms with Gasteiger partial charge in [-0.25, -0.2) is 0 Å². The highest BCUT2D eigenvalue weighted by atomic mass is 31.2. The lowest BCUT2D eigenvalue weighted by atomic mass is 10.0. The van der Waals surface area contributed by atoms with Crippen molar-refractivity contribution in [2.24, 2.45) is 0 Å². The van der Waals surface area contributed by atoms with Crippen LogP contribution in [0, 0.1) is 0 Å². The van der Waals surface area contributed by atoms with Gasteiger partial charge >= 0.3 is 0 Å². The molecule has 1 amide bonds. The Hall–Kier alpha value is -1.54. The van der Waals surface area contributed by atoms with Crippen LogP contribution >= 0.6 is 7.82 Å². The fraction of sp³-hybridized carbons (Fsp3) is 0.868. The molecule has 0 aromatic carbocycles. The van der Waals surface area contributed by atoms with Gasteiger partial charge in [-0.1, -0.05) is 319 Å². The first-order valence-corrected chi connectivity index (χ1v) is 34.9. The number of amides is 1. The second-order valence-electron chi connectivity index (χ2n) is 24.2. The second-order valence-corrected chi connectivity index (χ2v) is 25.6. The number of phosphoric ester groups is 1. The van der Waals surface area contributed by atoms with E-state index >= 15 is 0 Å². The predicted octanol–water partition coefficient (Wildman–Crippen LogP) is 20.4. The molecular weight excluding hydrogens is 972 g/mol. The Labute approximate surface area is 479 Å². The first-order valence-electron chi connectivity index (χ1n) is 33.5. The minimum Gasteiger partial charge on any atom is -0.756 e. The maximum absolute atomic E-state index is 13.0. The van der Waals surface area contributed by atoms with Crippen LogP contribution in [-0.2, 0) is 18.4 Å². The lowest BCUT2D eigenvalue weighted by molar-refractivity contribution is -0.870. The zero-order valence-corrected chi connectivity index (χ0v) is 52.8. The van der Waals surface area contributed by atoms with E-state index in [2.05, 4.69) is 67.8 Å². The number of nitrogens with zero attached hydrogens (tertiary/aromatic N) is 1. The Bertz CT molecular complexity index is 1390. The van der Waals surface area contributed by atoms with E-state index in [-0.39, 0.29) is 19.1 Å². The molecule has 0 saturated heterocycles. The van der Waals surface area contributed by atoms with Crippen molar-refractivity contribution in [2.45, 2.75) is 341 Å². The fourth-order valence-corrected chi connectivity index (χ4v) is 10.9. The third-order valence-electron chi connectivity index (χ3n) is 15.3. The molecule has 0 spiro atoms. The van der Waals surface area contributed by atoms with Gasteiger partial charge in [0.15, 0.2) is 0 Å².